The molecule has 2 atom stereocenters. The number of carbonyl (C=O) groups excluding carboxylic acids is 1. The molecule has 6 heteroatoms. The molecule has 2 N–H and O–H groups in total. The Hall–Kier alpha value is -0.590. The molecule has 1 aromatic rings. The maximum Gasteiger partial charge on any atom is 0.230 e. The summed E-state index contributed by atoms with van der Waals surface area (Å²) in [7, 11) is 0. The summed E-state index contributed by atoms with van der Waals surface area (Å²) in [6.07, 6.45) is 3.47. The van der Waals surface area contributed by atoms with E-state index in [9.17, 15) is 9.90 Å². The Balaban J connectivity index is 1.66. The minimum absolute atomic E-state index is 0.0166. The number of rotatable bonds is 5. The Kier molecular flexibility index (Phi) is 5.66. The second kappa shape index (κ2) is 7.26. The molecular weight excluding hydrogens is 280 g/mol. The number of hydrogen-bond acceptors (Lipinski definition) is 5. The molecular formula is C13H20N2O2S2. The van der Waals surface area contributed by atoms with E-state index >= 15 is 0 Å². The van der Waals surface area contributed by atoms with Crippen LogP contribution in [0.2, 0.25) is 0 Å². The Morgan fingerprint density at radius 3 is 3.05 bits per heavy atom. The Morgan fingerprint density at radius 1 is 1.58 bits per heavy atom. The lowest BCUT2D eigenvalue weighted by atomic mass is 9.93. The number of aryl methyl sites for hydroxylation is 1. The second-order valence-corrected chi connectivity index (χ2v) is 6.92. The van der Waals surface area contributed by atoms with Crippen LogP contribution in [0.25, 0.3) is 0 Å². The Labute approximate surface area is 122 Å². The van der Waals surface area contributed by atoms with Crippen molar-refractivity contribution < 1.29 is 9.90 Å². The molecule has 1 aromatic heterocycles. The van der Waals surface area contributed by atoms with Crippen LogP contribution in [-0.2, 0) is 10.5 Å². The number of aromatic nitrogens is 1. The van der Waals surface area contributed by atoms with Gasteiger partial charge in [0.05, 0.1) is 28.6 Å². The van der Waals surface area contributed by atoms with Crippen molar-refractivity contribution in [2.75, 3.05) is 5.75 Å². The van der Waals surface area contributed by atoms with Crippen molar-refractivity contribution >= 4 is 29.0 Å². The number of aliphatic hydroxyl groups excluding tert-OH is 1. The van der Waals surface area contributed by atoms with Crippen LogP contribution in [0.3, 0.4) is 0 Å². The van der Waals surface area contributed by atoms with Gasteiger partial charge < -0.3 is 10.4 Å². The molecule has 1 aliphatic rings. The summed E-state index contributed by atoms with van der Waals surface area (Å²) in [6.45, 7) is 1.98. The van der Waals surface area contributed by atoms with E-state index in [-0.39, 0.29) is 18.1 Å². The fraction of sp³-hybridized carbons (Fsp3) is 0.692. The molecule has 0 spiro atoms. The number of carbonyl (C=O) groups is 1. The average molecular weight is 300 g/mol. The summed E-state index contributed by atoms with van der Waals surface area (Å²) < 4.78 is 0. The van der Waals surface area contributed by atoms with E-state index < -0.39 is 0 Å². The SMILES string of the molecule is Cc1nc(CSCC(=O)N[C@@H]2CCCC[C@H]2O)cs1. The number of nitrogens with one attached hydrogen (secondary N) is 1. The van der Waals surface area contributed by atoms with Crippen molar-refractivity contribution in [1.82, 2.24) is 10.3 Å². The van der Waals surface area contributed by atoms with E-state index in [1.165, 1.54) is 0 Å². The highest BCUT2D eigenvalue weighted by Gasteiger charge is 2.24. The smallest absolute Gasteiger partial charge is 0.230 e. The van der Waals surface area contributed by atoms with Crippen molar-refractivity contribution in [3.05, 3.63) is 16.1 Å². The Morgan fingerprint density at radius 2 is 2.37 bits per heavy atom. The third kappa shape index (κ3) is 4.78. The molecule has 1 aliphatic carbocycles. The summed E-state index contributed by atoms with van der Waals surface area (Å²) in [5.41, 5.74) is 1.04. The molecule has 1 saturated carbocycles. The highest BCUT2D eigenvalue weighted by Crippen LogP contribution is 2.19. The van der Waals surface area contributed by atoms with Gasteiger partial charge in [-0.2, -0.15) is 0 Å². The standard InChI is InChI=1S/C13H20N2O2S2/c1-9-14-10(7-19-9)6-18-8-13(17)15-11-4-2-3-5-12(11)16/h7,11-12,16H,2-6,8H2,1H3,(H,15,17)/t11-,12-/m1/s1. The van der Waals surface area contributed by atoms with Gasteiger partial charge in [0.2, 0.25) is 5.91 Å². The zero-order valence-corrected chi connectivity index (χ0v) is 12.7. The molecule has 0 unspecified atom stereocenters. The first-order valence-electron chi connectivity index (χ1n) is 6.61. The van der Waals surface area contributed by atoms with Crippen LogP contribution in [0.4, 0.5) is 0 Å². The van der Waals surface area contributed by atoms with Crippen LogP contribution in [0.5, 0.6) is 0 Å². The summed E-state index contributed by atoms with van der Waals surface area (Å²) in [5.74, 6) is 1.22. The van der Waals surface area contributed by atoms with Crippen LogP contribution in [0.15, 0.2) is 5.38 Å². The maximum absolute atomic E-state index is 11.8. The van der Waals surface area contributed by atoms with Gasteiger partial charge in [-0.3, -0.25) is 4.79 Å². The fourth-order valence-electron chi connectivity index (χ4n) is 2.25. The van der Waals surface area contributed by atoms with Gasteiger partial charge in [0.25, 0.3) is 0 Å². The van der Waals surface area contributed by atoms with Gasteiger partial charge in [0.1, 0.15) is 0 Å². The van der Waals surface area contributed by atoms with Gasteiger partial charge in [-0.1, -0.05) is 12.8 Å². The molecule has 1 heterocycles. The first-order chi connectivity index (χ1) is 9.15. The molecule has 0 aliphatic heterocycles. The van der Waals surface area contributed by atoms with Crippen molar-refractivity contribution in [2.24, 2.45) is 0 Å². The third-order valence-electron chi connectivity index (χ3n) is 3.23. The summed E-state index contributed by atoms with van der Waals surface area (Å²) in [4.78, 5) is 16.2. The molecule has 0 aromatic carbocycles. The molecule has 4 nitrogen and oxygen atoms in total. The predicted octanol–water partition coefficient (Wildman–Crippen LogP) is 2.10. The zero-order valence-electron chi connectivity index (χ0n) is 11.1. The molecule has 0 saturated heterocycles. The largest absolute Gasteiger partial charge is 0.391 e. The third-order valence-corrected chi connectivity index (χ3v) is 5.01. The van der Waals surface area contributed by atoms with E-state index in [2.05, 4.69) is 10.3 Å². The van der Waals surface area contributed by atoms with Crippen molar-refractivity contribution in [3.8, 4) is 0 Å². The Bertz CT molecular complexity index is 423. The summed E-state index contributed by atoms with van der Waals surface area (Å²) in [6, 6.07) is -0.0524. The van der Waals surface area contributed by atoms with E-state index in [1.807, 2.05) is 12.3 Å². The van der Waals surface area contributed by atoms with Gasteiger partial charge in [0, 0.05) is 11.1 Å². The number of hydrogen-bond donors (Lipinski definition) is 2. The quantitative estimate of drug-likeness (QED) is 0.874. The van der Waals surface area contributed by atoms with Gasteiger partial charge in [-0.05, 0) is 19.8 Å². The zero-order chi connectivity index (χ0) is 13.7. The minimum atomic E-state index is -0.371. The number of thiazole rings is 1. The number of amides is 1. The van der Waals surface area contributed by atoms with Crippen LogP contribution >= 0.6 is 23.1 Å². The summed E-state index contributed by atoms with van der Waals surface area (Å²) >= 11 is 3.20. The van der Waals surface area contributed by atoms with Crippen LogP contribution in [0.1, 0.15) is 36.4 Å². The van der Waals surface area contributed by atoms with Crippen molar-refractivity contribution in [1.29, 1.82) is 0 Å². The van der Waals surface area contributed by atoms with Gasteiger partial charge in [-0.25, -0.2) is 4.98 Å². The van der Waals surface area contributed by atoms with Crippen molar-refractivity contribution in [2.45, 2.75) is 50.5 Å². The summed E-state index contributed by atoms with van der Waals surface area (Å²) in [5, 5.41) is 15.8. The highest BCUT2D eigenvalue weighted by atomic mass is 32.2. The molecule has 2 rings (SSSR count). The lowest BCUT2D eigenvalue weighted by Crippen LogP contribution is -2.45. The molecule has 106 valence electrons. The maximum atomic E-state index is 11.8. The van der Waals surface area contributed by atoms with E-state index in [0.717, 1.165) is 42.1 Å². The molecule has 0 bridgehead atoms. The normalized spacial score (nSPS) is 23.3. The van der Waals surface area contributed by atoms with Crippen LogP contribution < -0.4 is 5.32 Å². The molecule has 1 fully saturated rings. The second-order valence-electron chi connectivity index (χ2n) is 4.88. The molecule has 1 amide bonds. The van der Waals surface area contributed by atoms with Crippen molar-refractivity contribution in [3.63, 3.8) is 0 Å². The van der Waals surface area contributed by atoms with Crippen LogP contribution in [0, 0.1) is 6.92 Å². The van der Waals surface area contributed by atoms with Gasteiger partial charge in [0.15, 0.2) is 0 Å². The first kappa shape index (κ1) is 14.8. The minimum Gasteiger partial charge on any atom is -0.391 e. The lowest BCUT2D eigenvalue weighted by Gasteiger charge is -2.28. The topological polar surface area (TPSA) is 62.2 Å². The average Bonchev–Trinajstić information content (AvgIpc) is 2.78. The van der Waals surface area contributed by atoms with E-state index in [1.54, 1.807) is 23.1 Å². The molecule has 0 radical (unpaired) electrons. The molecule has 19 heavy (non-hydrogen) atoms. The number of aliphatic hydroxyl groups is 1. The first-order valence-corrected chi connectivity index (χ1v) is 8.65. The fourth-order valence-corrected chi connectivity index (χ4v) is 3.70. The number of thioether (sulfide) groups is 1. The highest BCUT2D eigenvalue weighted by molar-refractivity contribution is 7.99. The monoisotopic (exact) mass is 300 g/mol. The van der Waals surface area contributed by atoms with E-state index in [0.29, 0.717) is 5.75 Å². The predicted molar refractivity (Wildman–Crippen MR) is 79.4 cm³/mol. The number of nitrogens with zero attached hydrogens (tertiary/aromatic N) is 1. The van der Waals surface area contributed by atoms with Crippen LogP contribution in [-0.4, -0.2) is 33.9 Å². The van der Waals surface area contributed by atoms with E-state index in [4.69, 9.17) is 0 Å². The van der Waals surface area contributed by atoms with Gasteiger partial charge >= 0.3 is 0 Å². The van der Waals surface area contributed by atoms with Gasteiger partial charge in [-0.15, -0.1) is 23.1 Å². The lowest BCUT2D eigenvalue weighted by molar-refractivity contribution is -0.120.